The number of hydrogen-bond donors (Lipinski definition) is 1. The lowest BCUT2D eigenvalue weighted by molar-refractivity contribution is 0.194. The molecule has 0 unspecified atom stereocenters. The Morgan fingerprint density at radius 1 is 1.60 bits per heavy atom. The normalized spacial score (nSPS) is 23.2. The molecule has 1 fully saturated rings. The summed E-state index contributed by atoms with van der Waals surface area (Å²) < 4.78 is 2.08. The van der Waals surface area contributed by atoms with E-state index in [1.54, 1.807) is 0 Å². The van der Waals surface area contributed by atoms with Gasteiger partial charge in [-0.05, 0) is 19.9 Å². The lowest BCUT2D eigenvalue weighted by Gasteiger charge is -2.31. The van der Waals surface area contributed by atoms with Crippen molar-refractivity contribution in [3.05, 3.63) is 18.0 Å². The van der Waals surface area contributed by atoms with Gasteiger partial charge in [-0.2, -0.15) is 5.10 Å². The van der Waals surface area contributed by atoms with Crippen LogP contribution in [0.15, 0.2) is 12.3 Å². The van der Waals surface area contributed by atoms with Gasteiger partial charge in [-0.1, -0.05) is 0 Å². The van der Waals surface area contributed by atoms with Crippen molar-refractivity contribution in [3.63, 3.8) is 0 Å². The molecule has 1 N–H and O–H groups in total. The Balaban J connectivity index is 1.96. The summed E-state index contributed by atoms with van der Waals surface area (Å²) in [6.07, 6.45) is 1.89. The van der Waals surface area contributed by atoms with E-state index < -0.39 is 0 Å². The maximum absolute atomic E-state index is 4.29. The molecule has 0 amide bonds. The van der Waals surface area contributed by atoms with Crippen LogP contribution in [0.3, 0.4) is 0 Å². The summed E-state index contributed by atoms with van der Waals surface area (Å²) in [4.78, 5) is 2.49. The molecule has 1 saturated heterocycles. The van der Waals surface area contributed by atoms with Gasteiger partial charge >= 0.3 is 0 Å². The molecule has 0 radical (unpaired) electrons. The van der Waals surface area contributed by atoms with Gasteiger partial charge in [-0.15, -0.1) is 0 Å². The number of piperazine rings is 1. The summed E-state index contributed by atoms with van der Waals surface area (Å²) in [5, 5.41) is 7.75. The van der Waals surface area contributed by atoms with Gasteiger partial charge in [0.25, 0.3) is 0 Å². The Morgan fingerprint density at radius 3 is 3.20 bits per heavy atom. The monoisotopic (exact) mass is 208 g/mol. The Kier molecular flexibility index (Phi) is 3.38. The molecule has 4 heteroatoms. The summed E-state index contributed by atoms with van der Waals surface area (Å²) >= 11 is 0. The first-order valence-electron chi connectivity index (χ1n) is 5.76. The first-order chi connectivity index (χ1) is 7.29. The molecule has 1 aliphatic rings. The van der Waals surface area contributed by atoms with Gasteiger partial charge in [0.05, 0.1) is 5.69 Å². The fourth-order valence-electron chi connectivity index (χ4n) is 2.16. The van der Waals surface area contributed by atoms with Crippen molar-refractivity contribution in [2.24, 2.45) is 0 Å². The molecule has 0 saturated carbocycles. The van der Waals surface area contributed by atoms with Crippen LogP contribution in [0.25, 0.3) is 0 Å². The molecule has 0 aliphatic carbocycles. The fraction of sp³-hybridized carbons (Fsp3) is 0.727. The van der Waals surface area contributed by atoms with Crippen LogP contribution in [-0.2, 0) is 13.1 Å². The summed E-state index contributed by atoms with van der Waals surface area (Å²) in [6, 6.07) is 2.73. The summed E-state index contributed by atoms with van der Waals surface area (Å²) in [7, 11) is 0. The maximum Gasteiger partial charge on any atom is 0.0524 e. The van der Waals surface area contributed by atoms with Gasteiger partial charge in [0.2, 0.25) is 0 Å². The predicted octanol–water partition coefficient (Wildman–Crippen LogP) is 0.697. The molecular weight excluding hydrogens is 188 g/mol. The van der Waals surface area contributed by atoms with Gasteiger partial charge in [0.15, 0.2) is 0 Å². The summed E-state index contributed by atoms with van der Waals surface area (Å²) in [5.41, 5.74) is 1.33. The van der Waals surface area contributed by atoms with Crippen molar-refractivity contribution in [2.45, 2.75) is 33.0 Å². The van der Waals surface area contributed by atoms with Crippen LogP contribution in [0.4, 0.5) is 0 Å². The lowest BCUT2D eigenvalue weighted by atomic mass is 10.2. The Bertz CT molecular complexity index is 307. The van der Waals surface area contributed by atoms with Crippen LogP contribution < -0.4 is 5.32 Å². The topological polar surface area (TPSA) is 33.1 Å². The van der Waals surface area contributed by atoms with Crippen LogP contribution in [0, 0.1) is 0 Å². The Labute approximate surface area is 91.3 Å². The zero-order valence-electron chi connectivity index (χ0n) is 9.61. The zero-order valence-corrected chi connectivity index (χ0v) is 9.61. The smallest absolute Gasteiger partial charge is 0.0524 e. The average molecular weight is 208 g/mol. The van der Waals surface area contributed by atoms with Crippen LogP contribution in [0.5, 0.6) is 0 Å². The van der Waals surface area contributed by atoms with E-state index in [1.807, 2.05) is 6.20 Å². The minimum absolute atomic E-state index is 0.608. The molecule has 15 heavy (non-hydrogen) atoms. The second-order valence-corrected chi connectivity index (χ2v) is 4.23. The largest absolute Gasteiger partial charge is 0.312 e. The van der Waals surface area contributed by atoms with Crippen LogP contribution in [0.1, 0.15) is 19.5 Å². The van der Waals surface area contributed by atoms with Crippen molar-refractivity contribution in [2.75, 3.05) is 19.6 Å². The summed E-state index contributed by atoms with van der Waals surface area (Å²) in [6.45, 7) is 9.74. The van der Waals surface area contributed by atoms with Crippen molar-refractivity contribution < 1.29 is 0 Å². The molecule has 4 nitrogen and oxygen atoms in total. The van der Waals surface area contributed by atoms with Crippen molar-refractivity contribution >= 4 is 0 Å². The van der Waals surface area contributed by atoms with E-state index in [-0.39, 0.29) is 0 Å². The van der Waals surface area contributed by atoms with E-state index in [4.69, 9.17) is 0 Å². The van der Waals surface area contributed by atoms with Crippen molar-refractivity contribution in [1.82, 2.24) is 20.0 Å². The number of aryl methyl sites for hydroxylation is 1. The van der Waals surface area contributed by atoms with Crippen molar-refractivity contribution in [1.29, 1.82) is 0 Å². The molecule has 1 aromatic heterocycles. The third-order valence-corrected chi connectivity index (χ3v) is 2.94. The number of rotatable bonds is 3. The molecule has 1 aliphatic heterocycles. The van der Waals surface area contributed by atoms with Gasteiger partial charge in [0.1, 0.15) is 0 Å². The number of aromatic nitrogens is 2. The van der Waals surface area contributed by atoms with E-state index in [0.717, 1.165) is 32.7 Å². The Hall–Kier alpha value is -0.870. The number of nitrogens with one attached hydrogen (secondary N) is 1. The third kappa shape index (κ3) is 2.58. The van der Waals surface area contributed by atoms with E-state index in [2.05, 4.69) is 39.9 Å². The standard InChI is InChI=1S/C11H20N4/c1-3-15-11(4-5-13-15)9-14-7-6-12-10(2)8-14/h4-5,10,12H,3,6-9H2,1-2H3/t10-/m0/s1. The highest BCUT2D eigenvalue weighted by molar-refractivity contribution is 5.00. The quantitative estimate of drug-likeness (QED) is 0.793. The second kappa shape index (κ2) is 4.77. The molecule has 0 aromatic carbocycles. The van der Waals surface area contributed by atoms with E-state index in [1.165, 1.54) is 5.69 Å². The minimum atomic E-state index is 0.608. The van der Waals surface area contributed by atoms with E-state index in [9.17, 15) is 0 Å². The van der Waals surface area contributed by atoms with Gasteiger partial charge in [0, 0.05) is 45.0 Å². The molecule has 1 aromatic rings. The van der Waals surface area contributed by atoms with Gasteiger partial charge < -0.3 is 5.32 Å². The van der Waals surface area contributed by atoms with Crippen LogP contribution >= 0.6 is 0 Å². The molecule has 2 heterocycles. The fourth-order valence-corrected chi connectivity index (χ4v) is 2.16. The minimum Gasteiger partial charge on any atom is -0.312 e. The third-order valence-electron chi connectivity index (χ3n) is 2.94. The lowest BCUT2D eigenvalue weighted by Crippen LogP contribution is -2.48. The van der Waals surface area contributed by atoms with Crippen LogP contribution in [-0.4, -0.2) is 40.4 Å². The maximum atomic E-state index is 4.29. The number of hydrogen-bond acceptors (Lipinski definition) is 3. The predicted molar refractivity (Wildman–Crippen MR) is 60.6 cm³/mol. The average Bonchev–Trinajstić information content (AvgIpc) is 2.65. The highest BCUT2D eigenvalue weighted by Gasteiger charge is 2.16. The zero-order chi connectivity index (χ0) is 10.7. The molecular formula is C11H20N4. The highest BCUT2D eigenvalue weighted by atomic mass is 15.3. The molecule has 1 atom stereocenters. The van der Waals surface area contributed by atoms with Gasteiger partial charge in [-0.25, -0.2) is 0 Å². The van der Waals surface area contributed by atoms with E-state index in [0.29, 0.717) is 6.04 Å². The molecule has 84 valence electrons. The molecule has 2 rings (SSSR count). The Morgan fingerprint density at radius 2 is 2.47 bits per heavy atom. The first kappa shape index (κ1) is 10.6. The van der Waals surface area contributed by atoms with Gasteiger partial charge in [-0.3, -0.25) is 9.58 Å². The first-order valence-corrected chi connectivity index (χ1v) is 5.76. The highest BCUT2D eigenvalue weighted by Crippen LogP contribution is 2.07. The molecule has 0 bridgehead atoms. The van der Waals surface area contributed by atoms with Crippen LogP contribution in [0.2, 0.25) is 0 Å². The SMILES string of the molecule is CCn1nccc1CN1CCN[C@@H](C)C1. The molecule has 0 spiro atoms. The second-order valence-electron chi connectivity index (χ2n) is 4.23. The number of nitrogens with zero attached hydrogens (tertiary/aromatic N) is 3. The summed E-state index contributed by atoms with van der Waals surface area (Å²) in [5.74, 6) is 0. The van der Waals surface area contributed by atoms with Crippen molar-refractivity contribution in [3.8, 4) is 0 Å². The van der Waals surface area contributed by atoms with E-state index >= 15 is 0 Å².